The summed E-state index contributed by atoms with van der Waals surface area (Å²) in [6.07, 6.45) is 0.131. The topological polar surface area (TPSA) is 47.6 Å². The van der Waals surface area contributed by atoms with E-state index in [2.05, 4.69) is 21.4 Å². The number of rotatable bonds is 4. The number of carbonyl (C=O) groups is 1. The van der Waals surface area contributed by atoms with Crippen LogP contribution in [0.2, 0.25) is 0 Å². The predicted molar refractivity (Wildman–Crippen MR) is 73.2 cm³/mol. The van der Waals surface area contributed by atoms with E-state index in [0.717, 1.165) is 10.0 Å². The highest BCUT2D eigenvalue weighted by Crippen LogP contribution is 2.16. The van der Waals surface area contributed by atoms with Crippen molar-refractivity contribution in [2.45, 2.75) is 32.8 Å². The predicted octanol–water partition coefficient (Wildman–Crippen LogP) is 3.45. The van der Waals surface area contributed by atoms with Gasteiger partial charge in [-0.05, 0) is 38.8 Å². The summed E-state index contributed by atoms with van der Waals surface area (Å²) in [4.78, 5) is 16.3. The molecular formula is C13H18BrNO3. The highest BCUT2D eigenvalue weighted by Gasteiger charge is 2.15. The Bertz CT molecular complexity index is 401. The van der Waals surface area contributed by atoms with Crippen LogP contribution in [-0.4, -0.2) is 18.3 Å². The van der Waals surface area contributed by atoms with E-state index < -0.39 is 11.7 Å². The van der Waals surface area contributed by atoms with Crippen molar-refractivity contribution in [2.24, 2.45) is 0 Å². The van der Waals surface area contributed by atoms with Crippen LogP contribution in [0.3, 0.4) is 0 Å². The van der Waals surface area contributed by atoms with Gasteiger partial charge in [0.25, 0.3) is 0 Å². The molecule has 1 amide bonds. The summed E-state index contributed by atoms with van der Waals surface area (Å²) in [5.41, 5.74) is 2.86. The molecule has 0 radical (unpaired) electrons. The quantitative estimate of drug-likeness (QED) is 0.684. The summed E-state index contributed by atoms with van der Waals surface area (Å²) in [6, 6.07) is 7.88. The first-order valence-electron chi connectivity index (χ1n) is 5.73. The van der Waals surface area contributed by atoms with Gasteiger partial charge in [0.15, 0.2) is 0 Å². The minimum Gasteiger partial charge on any atom is -0.442 e. The lowest BCUT2D eigenvalue weighted by Gasteiger charge is -2.19. The zero-order valence-electron chi connectivity index (χ0n) is 10.8. The third-order valence-electron chi connectivity index (χ3n) is 1.99. The Kier molecular flexibility index (Phi) is 5.62. The van der Waals surface area contributed by atoms with E-state index in [0.29, 0.717) is 13.0 Å². The summed E-state index contributed by atoms with van der Waals surface area (Å²) >= 11 is 3.45. The van der Waals surface area contributed by atoms with Crippen molar-refractivity contribution in [2.75, 3.05) is 6.61 Å². The lowest BCUT2D eigenvalue weighted by molar-refractivity contribution is -0.00688. The number of benzene rings is 1. The number of halogens is 1. The molecule has 1 aromatic rings. The second-order valence-electron chi connectivity index (χ2n) is 4.79. The van der Waals surface area contributed by atoms with Crippen LogP contribution in [0.4, 0.5) is 4.79 Å². The fraction of sp³-hybridized carbons (Fsp3) is 0.462. The van der Waals surface area contributed by atoms with Gasteiger partial charge < -0.3 is 4.74 Å². The first kappa shape index (κ1) is 15.0. The van der Waals surface area contributed by atoms with Crippen molar-refractivity contribution in [3.05, 3.63) is 34.3 Å². The Morgan fingerprint density at radius 2 is 2.00 bits per heavy atom. The Morgan fingerprint density at radius 3 is 2.61 bits per heavy atom. The van der Waals surface area contributed by atoms with E-state index in [4.69, 9.17) is 9.57 Å². The average Bonchev–Trinajstić information content (AvgIpc) is 2.24. The Labute approximate surface area is 116 Å². The average molecular weight is 316 g/mol. The van der Waals surface area contributed by atoms with E-state index in [1.807, 2.05) is 24.3 Å². The van der Waals surface area contributed by atoms with Crippen LogP contribution >= 0.6 is 15.9 Å². The van der Waals surface area contributed by atoms with Crippen molar-refractivity contribution in [3.63, 3.8) is 0 Å². The van der Waals surface area contributed by atoms with Gasteiger partial charge in [-0.1, -0.05) is 34.1 Å². The molecule has 0 aliphatic carbocycles. The number of hydrogen-bond donors (Lipinski definition) is 1. The number of hydrogen-bond acceptors (Lipinski definition) is 3. The molecule has 0 aliphatic heterocycles. The van der Waals surface area contributed by atoms with E-state index in [9.17, 15) is 4.79 Å². The molecule has 5 heteroatoms. The molecule has 0 heterocycles. The largest absolute Gasteiger partial charge is 0.442 e. The fourth-order valence-corrected chi connectivity index (χ4v) is 1.75. The zero-order valence-corrected chi connectivity index (χ0v) is 12.4. The molecule has 100 valence electrons. The maximum Gasteiger partial charge on any atom is 0.431 e. The molecule has 4 nitrogen and oxygen atoms in total. The number of nitrogens with one attached hydrogen (secondary N) is 1. The molecule has 0 aliphatic rings. The summed E-state index contributed by atoms with van der Waals surface area (Å²) in [5, 5.41) is 0. The highest BCUT2D eigenvalue weighted by molar-refractivity contribution is 9.10. The third kappa shape index (κ3) is 6.02. The summed E-state index contributed by atoms with van der Waals surface area (Å²) in [6.45, 7) is 5.79. The third-order valence-corrected chi connectivity index (χ3v) is 2.76. The summed E-state index contributed by atoms with van der Waals surface area (Å²) in [7, 11) is 0. The molecular weight excluding hydrogens is 298 g/mol. The molecule has 0 bridgehead atoms. The van der Waals surface area contributed by atoms with Crippen molar-refractivity contribution < 1.29 is 14.4 Å². The van der Waals surface area contributed by atoms with Gasteiger partial charge in [0.05, 0.1) is 6.61 Å². The van der Waals surface area contributed by atoms with Crippen LogP contribution in [0.25, 0.3) is 0 Å². The van der Waals surface area contributed by atoms with Gasteiger partial charge in [-0.15, -0.1) is 0 Å². The summed E-state index contributed by atoms with van der Waals surface area (Å²) < 4.78 is 6.06. The van der Waals surface area contributed by atoms with Gasteiger partial charge in [-0.25, -0.2) is 4.79 Å². The van der Waals surface area contributed by atoms with Crippen LogP contribution in [0.5, 0.6) is 0 Å². The van der Waals surface area contributed by atoms with Gasteiger partial charge in [-0.3, -0.25) is 4.84 Å². The first-order valence-corrected chi connectivity index (χ1v) is 6.52. The molecule has 1 aromatic carbocycles. The smallest absolute Gasteiger partial charge is 0.431 e. The maximum absolute atomic E-state index is 11.3. The van der Waals surface area contributed by atoms with Crippen LogP contribution in [0, 0.1) is 0 Å². The molecule has 0 spiro atoms. The Hall–Kier alpha value is -1.07. The van der Waals surface area contributed by atoms with Gasteiger partial charge in [-0.2, -0.15) is 5.48 Å². The van der Waals surface area contributed by atoms with Crippen LogP contribution in [0.1, 0.15) is 26.3 Å². The van der Waals surface area contributed by atoms with Crippen molar-refractivity contribution in [3.8, 4) is 0 Å². The van der Waals surface area contributed by atoms with Crippen LogP contribution in [-0.2, 0) is 16.0 Å². The molecule has 0 atom stereocenters. The van der Waals surface area contributed by atoms with Crippen molar-refractivity contribution in [1.82, 2.24) is 5.48 Å². The van der Waals surface area contributed by atoms with Gasteiger partial charge >= 0.3 is 6.09 Å². The minimum atomic E-state index is -0.574. The molecule has 0 aromatic heterocycles. The number of amides is 1. The number of ether oxygens (including phenoxy) is 1. The van der Waals surface area contributed by atoms with E-state index in [1.165, 1.54) is 0 Å². The molecule has 1 N–H and O–H groups in total. The van der Waals surface area contributed by atoms with E-state index in [1.54, 1.807) is 20.8 Å². The second-order valence-corrected chi connectivity index (χ2v) is 5.65. The molecule has 0 unspecified atom stereocenters. The van der Waals surface area contributed by atoms with E-state index in [-0.39, 0.29) is 0 Å². The highest BCUT2D eigenvalue weighted by atomic mass is 79.9. The van der Waals surface area contributed by atoms with Crippen molar-refractivity contribution in [1.29, 1.82) is 0 Å². The van der Waals surface area contributed by atoms with Crippen molar-refractivity contribution >= 4 is 22.0 Å². The van der Waals surface area contributed by atoms with E-state index >= 15 is 0 Å². The normalized spacial score (nSPS) is 11.1. The molecule has 0 fully saturated rings. The van der Waals surface area contributed by atoms with Crippen LogP contribution in [0.15, 0.2) is 28.7 Å². The lowest BCUT2D eigenvalue weighted by atomic mass is 10.2. The number of carbonyl (C=O) groups excluding carboxylic acids is 1. The number of hydroxylamine groups is 1. The summed E-state index contributed by atoms with van der Waals surface area (Å²) in [5.74, 6) is 0. The Balaban J connectivity index is 2.23. The minimum absolute atomic E-state index is 0.391. The second kappa shape index (κ2) is 6.75. The van der Waals surface area contributed by atoms with Gasteiger partial charge in [0.2, 0.25) is 0 Å². The Morgan fingerprint density at radius 1 is 1.33 bits per heavy atom. The fourth-order valence-electron chi connectivity index (χ4n) is 1.27. The molecule has 18 heavy (non-hydrogen) atoms. The standard InChI is InChI=1S/C13H18BrNO3/c1-13(2,3)18-12(16)15-17-9-8-10-6-4-5-7-11(10)14/h4-7H,8-9H2,1-3H3,(H,15,16). The maximum atomic E-state index is 11.3. The van der Waals surface area contributed by atoms with Gasteiger partial charge in [0.1, 0.15) is 5.60 Å². The van der Waals surface area contributed by atoms with Crippen LogP contribution < -0.4 is 5.48 Å². The monoisotopic (exact) mass is 315 g/mol. The first-order chi connectivity index (χ1) is 8.38. The molecule has 0 saturated heterocycles. The van der Waals surface area contributed by atoms with Gasteiger partial charge in [0, 0.05) is 4.47 Å². The molecule has 0 saturated carbocycles. The lowest BCUT2D eigenvalue weighted by Crippen LogP contribution is -2.33. The zero-order chi connectivity index (χ0) is 13.6. The SMILES string of the molecule is CC(C)(C)OC(=O)NOCCc1ccccc1Br. The molecule has 1 rings (SSSR count).